The lowest BCUT2D eigenvalue weighted by atomic mass is 10.1. The van der Waals surface area contributed by atoms with Crippen molar-refractivity contribution in [3.63, 3.8) is 0 Å². The molecule has 46 heavy (non-hydrogen) atoms. The van der Waals surface area contributed by atoms with E-state index in [-0.39, 0.29) is 0 Å². The Morgan fingerprint density at radius 2 is 0.978 bits per heavy atom. The first-order valence-electron chi connectivity index (χ1n) is 15.6. The Kier molecular flexibility index (Phi) is 6.91. The number of fused-ring (bicyclic) bond motifs is 3. The van der Waals surface area contributed by atoms with Gasteiger partial charge in [0.05, 0.1) is 22.7 Å². The Morgan fingerprint density at radius 1 is 0.457 bits per heavy atom. The van der Waals surface area contributed by atoms with Crippen LogP contribution in [0, 0.1) is 11.3 Å². The molecule has 0 amide bonds. The second kappa shape index (κ2) is 11.5. The fraction of sp³-hybridized carbons (Fsp3) is 0. The van der Waals surface area contributed by atoms with Crippen molar-refractivity contribution in [1.29, 1.82) is 5.26 Å². The monoisotopic (exact) mass is 602 g/mol. The summed E-state index contributed by atoms with van der Waals surface area (Å²) in [5.41, 5.74) is 6.42. The fourth-order valence-electron chi connectivity index (χ4n) is 7.20. The summed E-state index contributed by atoms with van der Waals surface area (Å²) in [6.45, 7) is 0. The van der Waals surface area contributed by atoms with E-state index < -0.39 is 8.07 Å². The van der Waals surface area contributed by atoms with Gasteiger partial charge >= 0.3 is 0 Å². The highest BCUT2D eigenvalue weighted by molar-refractivity contribution is 7.20. The Morgan fingerprint density at radius 3 is 1.59 bits per heavy atom. The highest BCUT2D eigenvalue weighted by Gasteiger charge is 2.42. The molecule has 7 aromatic carbocycles. The van der Waals surface area contributed by atoms with Crippen LogP contribution in [0.2, 0.25) is 0 Å². The van der Waals surface area contributed by atoms with Crippen molar-refractivity contribution in [1.82, 2.24) is 4.57 Å². The summed E-state index contributed by atoms with van der Waals surface area (Å²) in [7, 11) is -2.71. The van der Waals surface area contributed by atoms with Gasteiger partial charge in [0.15, 0.2) is 8.07 Å². The van der Waals surface area contributed by atoms with Crippen molar-refractivity contribution in [3.05, 3.63) is 188 Å². The maximum Gasteiger partial charge on any atom is 0.180 e. The van der Waals surface area contributed by atoms with Crippen LogP contribution in [0.5, 0.6) is 0 Å². The molecule has 1 aromatic heterocycles. The quantitative estimate of drug-likeness (QED) is 0.142. The molecule has 8 aromatic rings. The molecule has 0 aliphatic heterocycles. The summed E-state index contributed by atoms with van der Waals surface area (Å²) in [6.07, 6.45) is 0. The summed E-state index contributed by atoms with van der Waals surface area (Å²) in [5.74, 6) is 0. The van der Waals surface area contributed by atoms with Crippen molar-refractivity contribution in [2.45, 2.75) is 0 Å². The Balaban J connectivity index is 1.35. The Bertz CT molecular complexity index is 2250. The minimum atomic E-state index is -2.71. The number of nitrogens with zero attached hydrogens (tertiary/aromatic N) is 2. The van der Waals surface area contributed by atoms with Crippen LogP contribution in [0.4, 0.5) is 0 Å². The van der Waals surface area contributed by atoms with Crippen LogP contribution in [0.3, 0.4) is 0 Å². The Hall–Kier alpha value is -5.95. The number of para-hydroxylation sites is 1. The molecule has 0 bridgehead atoms. The minimum absolute atomic E-state index is 0.672. The molecule has 0 spiro atoms. The number of nitriles is 1. The van der Waals surface area contributed by atoms with Gasteiger partial charge in [0, 0.05) is 16.5 Å². The summed E-state index contributed by atoms with van der Waals surface area (Å²) < 4.78 is 2.30. The first-order chi connectivity index (χ1) is 22.8. The van der Waals surface area contributed by atoms with Gasteiger partial charge in [-0.1, -0.05) is 146 Å². The SMILES string of the molecule is N#Cc1ccc2c(c1)c1ccccc1n2-c1ccc(-c2ccccc2[Si](c2ccccc2)(c2ccccc2)c2ccccc2)cc1. The van der Waals surface area contributed by atoms with E-state index in [2.05, 4.69) is 180 Å². The number of rotatable bonds is 6. The van der Waals surface area contributed by atoms with Crippen molar-refractivity contribution in [2.24, 2.45) is 0 Å². The molecule has 8 rings (SSSR count). The van der Waals surface area contributed by atoms with Crippen molar-refractivity contribution >= 4 is 50.6 Å². The topological polar surface area (TPSA) is 28.7 Å². The van der Waals surface area contributed by atoms with Crippen LogP contribution < -0.4 is 20.7 Å². The molecule has 1 heterocycles. The minimum Gasteiger partial charge on any atom is -0.309 e. The highest BCUT2D eigenvalue weighted by Crippen LogP contribution is 2.33. The average Bonchev–Trinajstić information content (AvgIpc) is 3.47. The first kappa shape index (κ1) is 27.6. The molecule has 0 N–H and O–H groups in total. The van der Waals surface area contributed by atoms with E-state index in [1.165, 1.54) is 31.9 Å². The summed E-state index contributed by atoms with van der Waals surface area (Å²) in [6, 6.07) is 67.9. The molecular weight excluding hydrogens is 573 g/mol. The lowest BCUT2D eigenvalue weighted by Crippen LogP contribution is -2.75. The van der Waals surface area contributed by atoms with Crippen LogP contribution in [0.25, 0.3) is 38.6 Å². The van der Waals surface area contributed by atoms with Crippen LogP contribution >= 0.6 is 0 Å². The van der Waals surface area contributed by atoms with Crippen molar-refractivity contribution < 1.29 is 0 Å². The van der Waals surface area contributed by atoms with E-state index in [0.717, 1.165) is 27.5 Å². The van der Waals surface area contributed by atoms with Gasteiger partial charge in [-0.25, -0.2) is 0 Å². The molecule has 0 fully saturated rings. The van der Waals surface area contributed by atoms with Crippen LogP contribution in [-0.2, 0) is 0 Å². The highest BCUT2D eigenvalue weighted by atomic mass is 28.3. The molecule has 216 valence electrons. The molecule has 0 unspecified atom stereocenters. The van der Waals surface area contributed by atoms with Gasteiger partial charge < -0.3 is 4.57 Å². The predicted molar refractivity (Wildman–Crippen MR) is 195 cm³/mol. The van der Waals surface area contributed by atoms with Gasteiger partial charge in [0.25, 0.3) is 0 Å². The standard InChI is InChI=1S/C43H30N2Si/c44-31-32-24-29-42-40(30-32)39-21-10-12-22-41(39)45(42)34-27-25-33(26-28-34)38-20-11-13-23-43(38)46(35-14-4-1-5-15-35,36-16-6-2-7-17-36)37-18-8-3-9-19-37/h1-30H. The van der Waals surface area contributed by atoms with E-state index in [9.17, 15) is 5.26 Å². The van der Waals surface area contributed by atoms with Crippen LogP contribution in [0.1, 0.15) is 5.56 Å². The summed E-state index contributed by atoms with van der Waals surface area (Å²) in [5, 5.41) is 17.3. The van der Waals surface area contributed by atoms with E-state index in [1.54, 1.807) is 0 Å². The van der Waals surface area contributed by atoms with Gasteiger partial charge in [-0.15, -0.1) is 0 Å². The number of hydrogen-bond acceptors (Lipinski definition) is 1. The normalized spacial score (nSPS) is 11.5. The zero-order valence-electron chi connectivity index (χ0n) is 25.2. The molecular formula is C43H30N2Si. The molecule has 2 nitrogen and oxygen atoms in total. The number of hydrogen-bond donors (Lipinski definition) is 0. The maximum absolute atomic E-state index is 9.58. The third-order valence-electron chi connectivity index (χ3n) is 9.19. The lowest BCUT2D eigenvalue weighted by molar-refractivity contribution is 1.18. The van der Waals surface area contributed by atoms with E-state index in [4.69, 9.17) is 0 Å². The zero-order valence-corrected chi connectivity index (χ0v) is 26.2. The van der Waals surface area contributed by atoms with E-state index in [1.807, 2.05) is 12.1 Å². The second-order valence-corrected chi connectivity index (χ2v) is 15.4. The van der Waals surface area contributed by atoms with Crippen LogP contribution in [-0.4, -0.2) is 12.6 Å². The van der Waals surface area contributed by atoms with E-state index >= 15 is 0 Å². The number of benzene rings is 7. The molecule has 0 radical (unpaired) electrons. The van der Waals surface area contributed by atoms with Gasteiger partial charge in [-0.2, -0.15) is 5.26 Å². The maximum atomic E-state index is 9.58. The fourth-order valence-corrected chi connectivity index (χ4v) is 12.2. The van der Waals surface area contributed by atoms with Crippen molar-refractivity contribution in [3.8, 4) is 22.9 Å². The Labute approximate surface area is 270 Å². The molecule has 3 heteroatoms. The third-order valence-corrected chi connectivity index (χ3v) is 14.0. The molecule has 0 saturated carbocycles. The third kappa shape index (κ3) is 4.39. The lowest BCUT2D eigenvalue weighted by Gasteiger charge is -2.36. The largest absolute Gasteiger partial charge is 0.309 e. The summed E-state index contributed by atoms with van der Waals surface area (Å²) >= 11 is 0. The molecule has 0 aliphatic carbocycles. The van der Waals surface area contributed by atoms with Crippen LogP contribution in [0.15, 0.2) is 182 Å². The smallest absolute Gasteiger partial charge is 0.180 e. The zero-order chi connectivity index (χ0) is 30.9. The van der Waals surface area contributed by atoms with E-state index in [0.29, 0.717) is 5.56 Å². The van der Waals surface area contributed by atoms with Gasteiger partial charge in [-0.05, 0) is 68.3 Å². The van der Waals surface area contributed by atoms with Crippen molar-refractivity contribution in [2.75, 3.05) is 0 Å². The average molecular weight is 603 g/mol. The first-order valence-corrected chi connectivity index (χ1v) is 17.6. The molecule has 0 aliphatic rings. The summed E-state index contributed by atoms with van der Waals surface area (Å²) in [4.78, 5) is 0. The van der Waals surface area contributed by atoms with Gasteiger partial charge in [-0.3, -0.25) is 0 Å². The number of aromatic nitrogens is 1. The second-order valence-electron chi connectivity index (χ2n) is 11.6. The predicted octanol–water partition coefficient (Wildman–Crippen LogP) is 7.70. The molecule has 0 saturated heterocycles. The van der Waals surface area contributed by atoms with Gasteiger partial charge in [0.2, 0.25) is 0 Å². The molecule has 0 atom stereocenters. The van der Waals surface area contributed by atoms with Gasteiger partial charge in [0.1, 0.15) is 0 Å².